The molecule has 154 valence electrons. The van der Waals surface area contributed by atoms with Crippen molar-refractivity contribution in [1.82, 2.24) is 9.55 Å². The van der Waals surface area contributed by atoms with Gasteiger partial charge in [-0.15, -0.1) is 0 Å². The maximum atomic E-state index is 14.6. The second-order valence-corrected chi connectivity index (χ2v) is 6.88. The smallest absolute Gasteiger partial charge is 0.263 e. The van der Waals surface area contributed by atoms with Gasteiger partial charge >= 0.3 is 0 Å². The van der Waals surface area contributed by atoms with E-state index in [0.717, 1.165) is 0 Å². The lowest BCUT2D eigenvalue weighted by Gasteiger charge is -2.24. The van der Waals surface area contributed by atoms with Crippen LogP contribution in [0.4, 0.5) is 17.6 Å². The Morgan fingerprint density at radius 3 is 2.29 bits per heavy atom. The van der Waals surface area contributed by atoms with E-state index in [9.17, 15) is 22.4 Å². The minimum absolute atomic E-state index is 0.0130. The third-order valence-corrected chi connectivity index (χ3v) is 5.09. The SMILES string of the molecule is O=c1c(-c2c(F)c(F)cc(F)c2F)cc2c(n1-c1ccccc1)COc1cccnc1-2. The number of fused-ring (bicyclic) bond motifs is 3. The Morgan fingerprint density at radius 1 is 0.871 bits per heavy atom. The summed E-state index contributed by atoms with van der Waals surface area (Å²) in [5.74, 6) is -6.09. The molecule has 8 heteroatoms. The van der Waals surface area contributed by atoms with Gasteiger partial charge in [-0.05, 0) is 30.3 Å². The van der Waals surface area contributed by atoms with Crippen LogP contribution < -0.4 is 10.3 Å². The summed E-state index contributed by atoms with van der Waals surface area (Å²) in [6, 6.07) is 13.0. The lowest BCUT2D eigenvalue weighted by Crippen LogP contribution is -2.27. The number of halogens is 4. The largest absolute Gasteiger partial charge is 0.485 e. The third kappa shape index (κ3) is 2.91. The van der Waals surface area contributed by atoms with Gasteiger partial charge in [-0.25, -0.2) is 17.6 Å². The Morgan fingerprint density at radius 2 is 1.58 bits per heavy atom. The van der Waals surface area contributed by atoms with Crippen molar-refractivity contribution in [3.05, 3.63) is 100 Å². The van der Waals surface area contributed by atoms with Gasteiger partial charge in [0.05, 0.1) is 16.8 Å². The molecule has 3 heterocycles. The maximum absolute atomic E-state index is 14.6. The number of nitrogens with zero attached hydrogens (tertiary/aromatic N) is 2. The third-order valence-electron chi connectivity index (χ3n) is 5.09. The molecule has 4 nitrogen and oxygen atoms in total. The molecule has 0 aliphatic carbocycles. The Balaban J connectivity index is 1.93. The molecule has 0 amide bonds. The van der Waals surface area contributed by atoms with Crippen LogP contribution in [-0.4, -0.2) is 9.55 Å². The second kappa shape index (κ2) is 7.09. The molecule has 31 heavy (non-hydrogen) atoms. The van der Waals surface area contributed by atoms with Crippen LogP contribution in [0.15, 0.2) is 65.6 Å². The highest BCUT2D eigenvalue weighted by atomic mass is 19.2. The Kier molecular flexibility index (Phi) is 4.35. The molecule has 4 aromatic rings. The van der Waals surface area contributed by atoms with E-state index < -0.39 is 40.0 Å². The van der Waals surface area contributed by atoms with Crippen LogP contribution in [0.5, 0.6) is 5.75 Å². The second-order valence-electron chi connectivity index (χ2n) is 6.88. The number of rotatable bonds is 2. The van der Waals surface area contributed by atoms with Gasteiger partial charge in [-0.2, -0.15) is 0 Å². The molecule has 2 aromatic carbocycles. The monoisotopic (exact) mass is 424 g/mol. The molecule has 5 rings (SSSR count). The number of aromatic nitrogens is 2. The standard InChI is InChI=1S/C23H12F4N2O2/c24-15-10-16(25)21(27)19(20(15)26)14-9-13-17(11-31-18-7-4-8-28-22(13)18)29(23(14)30)12-5-2-1-3-6-12/h1-10H,11H2. The van der Waals surface area contributed by atoms with Crippen LogP contribution >= 0.6 is 0 Å². The summed E-state index contributed by atoms with van der Waals surface area (Å²) in [7, 11) is 0. The first kappa shape index (κ1) is 19.0. The average molecular weight is 424 g/mol. The molecule has 1 aliphatic heterocycles. The van der Waals surface area contributed by atoms with E-state index in [-0.39, 0.29) is 12.7 Å². The van der Waals surface area contributed by atoms with Crippen LogP contribution in [0, 0.1) is 23.3 Å². The van der Waals surface area contributed by atoms with E-state index in [1.165, 1.54) is 16.8 Å². The first-order chi connectivity index (χ1) is 15.0. The van der Waals surface area contributed by atoms with Gasteiger partial charge in [0.1, 0.15) is 18.1 Å². The van der Waals surface area contributed by atoms with Crippen LogP contribution in [0.25, 0.3) is 28.1 Å². The van der Waals surface area contributed by atoms with E-state index in [2.05, 4.69) is 4.98 Å². The van der Waals surface area contributed by atoms with Crippen LogP contribution in [0.1, 0.15) is 5.69 Å². The molecule has 0 fully saturated rings. The molecule has 0 atom stereocenters. The molecule has 0 bridgehead atoms. The minimum atomic E-state index is -1.65. The van der Waals surface area contributed by atoms with Crippen molar-refractivity contribution < 1.29 is 22.3 Å². The van der Waals surface area contributed by atoms with Crippen LogP contribution in [0.3, 0.4) is 0 Å². The normalized spacial score (nSPS) is 12.1. The van der Waals surface area contributed by atoms with Gasteiger partial charge < -0.3 is 4.74 Å². The Labute approximate surface area is 173 Å². The van der Waals surface area contributed by atoms with Crippen molar-refractivity contribution >= 4 is 0 Å². The summed E-state index contributed by atoms with van der Waals surface area (Å²) < 4.78 is 64.0. The lowest BCUT2D eigenvalue weighted by atomic mass is 9.98. The van der Waals surface area contributed by atoms with Crippen LogP contribution in [-0.2, 0) is 6.61 Å². The molecule has 0 spiro atoms. The van der Waals surface area contributed by atoms with E-state index >= 15 is 0 Å². The molecular weight excluding hydrogens is 412 g/mol. The highest BCUT2D eigenvalue weighted by Gasteiger charge is 2.29. The molecule has 0 N–H and O–H groups in total. The molecule has 2 aromatic heterocycles. The van der Waals surface area contributed by atoms with E-state index in [0.29, 0.717) is 28.4 Å². The molecule has 0 radical (unpaired) electrons. The predicted molar refractivity (Wildman–Crippen MR) is 105 cm³/mol. The maximum Gasteiger partial charge on any atom is 0.263 e. The topological polar surface area (TPSA) is 44.1 Å². The number of benzene rings is 2. The van der Waals surface area contributed by atoms with Crippen molar-refractivity contribution in [2.75, 3.05) is 0 Å². The van der Waals surface area contributed by atoms with Crippen LogP contribution in [0.2, 0.25) is 0 Å². The van der Waals surface area contributed by atoms with Crippen molar-refractivity contribution in [3.63, 3.8) is 0 Å². The number of hydrogen-bond acceptors (Lipinski definition) is 3. The van der Waals surface area contributed by atoms with Gasteiger partial charge in [-0.1, -0.05) is 18.2 Å². The average Bonchev–Trinajstić information content (AvgIpc) is 2.79. The Hall–Kier alpha value is -3.94. The zero-order chi connectivity index (χ0) is 21.7. The fraction of sp³-hybridized carbons (Fsp3) is 0.0435. The summed E-state index contributed by atoms with van der Waals surface area (Å²) >= 11 is 0. The fourth-order valence-electron chi connectivity index (χ4n) is 3.69. The first-order valence-electron chi connectivity index (χ1n) is 9.23. The van der Waals surface area contributed by atoms with Gasteiger partial charge in [0.15, 0.2) is 23.3 Å². The van der Waals surface area contributed by atoms with Crippen molar-refractivity contribution in [3.8, 4) is 33.8 Å². The quantitative estimate of drug-likeness (QED) is 0.336. The number of hydrogen-bond donors (Lipinski definition) is 0. The van der Waals surface area contributed by atoms with E-state index in [4.69, 9.17) is 4.74 Å². The van der Waals surface area contributed by atoms with Gasteiger partial charge in [0.2, 0.25) is 0 Å². The number of pyridine rings is 2. The zero-order valence-corrected chi connectivity index (χ0v) is 15.7. The summed E-state index contributed by atoms with van der Waals surface area (Å²) in [5, 5.41) is 0. The van der Waals surface area contributed by atoms with Crippen molar-refractivity contribution in [1.29, 1.82) is 0 Å². The minimum Gasteiger partial charge on any atom is -0.485 e. The van der Waals surface area contributed by atoms with E-state index in [1.54, 1.807) is 42.5 Å². The van der Waals surface area contributed by atoms with Gasteiger partial charge in [0.25, 0.3) is 5.56 Å². The summed E-state index contributed by atoms with van der Waals surface area (Å²) in [6.45, 7) is -0.0130. The molecule has 1 aliphatic rings. The van der Waals surface area contributed by atoms with Crippen molar-refractivity contribution in [2.45, 2.75) is 6.61 Å². The van der Waals surface area contributed by atoms with Crippen molar-refractivity contribution in [2.24, 2.45) is 0 Å². The summed E-state index contributed by atoms with van der Waals surface area (Å²) in [5.41, 5.74) is -0.963. The molecule has 0 saturated carbocycles. The first-order valence-corrected chi connectivity index (χ1v) is 9.23. The summed E-state index contributed by atoms with van der Waals surface area (Å²) in [6.07, 6.45) is 1.50. The zero-order valence-electron chi connectivity index (χ0n) is 15.7. The number of ether oxygens (including phenoxy) is 1. The van der Waals surface area contributed by atoms with Gasteiger partial charge in [-0.3, -0.25) is 14.3 Å². The fourth-order valence-corrected chi connectivity index (χ4v) is 3.69. The van der Waals surface area contributed by atoms with Gasteiger partial charge in [0, 0.05) is 23.5 Å². The number of para-hydroxylation sites is 1. The lowest BCUT2D eigenvalue weighted by molar-refractivity contribution is 0.292. The molecular formula is C23H12F4N2O2. The Bertz CT molecular complexity index is 1380. The summed E-state index contributed by atoms with van der Waals surface area (Å²) in [4.78, 5) is 17.7. The molecule has 0 saturated heterocycles. The highest BCUT2D eigenvalue weighted by Crippen LogP contribution is 2.38. The predicted octanol–water partition coefficient (Wildman–Crippen LogP) is 5.02. The van der Waals surface area contributed by atoms with E-state index in [1.807, 2.05) is 0 Å². The molecule has 0 unspecified atom stereocenters. The highest BCUT2D eigenvalue weighted by molar-refractivity contribution is 5.77.